The molecule has 7 N–H and O–H groups in total. The van der Waals surface area contributed by atoms with Crippen molar-refractivity contribution in [1.82, 2.24) is 10.6 Å². The first-order valence-electron chi connectivity index (χ1n) is 23.5. The minimum absolute atomic E-state index is 0.108. The lowest BCUT2D eigenvalue weighted by Gasteiger charge is -2.28. The van der Waals surface area contributed by atoms with Gasteiger partial charge in [0.05, 0.1) is 5.92 Å². The van der Waals surface area contributed by atoms with Crippen molar-refractivity contribution in [2.45, 2.75) is 129 Å². The van der Waals surface area contributed by atoms with E-state index in [1.807, 2.05) is 12.1 Å². The van der Waals surface area contributed by atoms with Crippen LogP contribution >= 0.6 is 22.7 Å². The molecule has 2 aromatic heterocycles. The summed E-state index contributed by atoms with van der Waals surface area (Å²) in [7, 11) is 0. The third-order valence-corrected chi connectivity index (χ3v) is 14.9. The Morgan fingerprint density at radius 2 is 1.14 bits per heavy atom. The molecule has 340 valence electrons. The van der Waals surface area contributed by atoms with Gasteiger partial charge in [0, 0.05) is 59.4 Å². The Balaban J connectivity index is 0.000000182. The fourth-order valence-electron chi connectivity index (χ4n) is 9.31. The van der Waals surface area contributed by atoms with Gasteiger partial charge in [-0.05, 0) is 185 Å². The van der Waals surface area contributed by atoms with Crippen molar-refractivity contribution >= 4 is 57.6 Å². The first-order valence-corrected chi connectivity index (χ1v) is 25.2. The Labute approximate surface area is 382 Å². The Bertz CT molecular complexity index is 2020. The molecule has 0 atom stereocenters. The zero-order chi connectivity index (χ0) is 44.2. The standard InChI is InChI=1S/C26H34N2O2S.C19H26N2O3.C6H9NS/c29-25(7-2-5-23-6-3-15-31-23)21-12-9-19(10-13-21)17-27-18-20-11-14-24-22(16-20)4-1-8-26(30)28-24;22-18-3-1-2-16-10-14(6-9-17(16)21-18)12-20-11-13-4-7-15(8-5-13)19(23)24;7-4-3-6-2-1-5-8-6/h3,6,11,14-16,19,21,27H,1-2,4-5,7-10,12-13,17-18H2,(H,28,30);6,9-10,13,15,20H,1-5,7-8,11-12H2,(H,21,22)(H,23,24);1-2,5H,3-4,7H2. The maximum atomic E-state index is 12.6. The lowest BCUT2D eigenvalue weighted by atomic mass is 9.79. The number of aryl methyl sites for hydroxylation is 3. The van der Waals surface area contributed by atoms with Crippen molar-refractivity contribution in [2.24, 2.45) is 29.4 Å². The summed E-state index contributed by atoms with van der Waals surface area (Å²) >= 11 is 3.56. The minimum Gasteiger partial charge on any atom is -0.481 e. The topological polar surface area (TPSA) is 163 Å². The fraction of sp³-hybridized carbons (Fsp3) is 0.529. The number of benzene rings is 2. The summed E-state index contributed by atoms with van der Waals surface area (Å²) in [6.45, 7) is 4.41. The zero-order valence-electron chi connectivity index (χ0n) is 37.0. The monoisotopic (exact) mass is 895 g/mol. The highest BCUT2D eigenvalue weighted by molar-refractivity contribution is 7.10. The maximum absolute atomic E-state index is 12.6. The van der Waals surface area contributed by atoms with Gasteiger partial charge in [0.25, 0.3) is 0 Å². The van der Waals surface area contributed by atoms with E-state index in [0.29, 0.717) is 36.4 Å². The van der Waals surface area contributed by atoms with Crippen molar-refractivity contribution in [3.63, 3.8) is 0 Å². The van der Waals surface area contributed by atoms with Gasteiger partial charge < -0.3 is 32.1 Å². The number of carboxylic acids is 1. The number of carbonyl (C=O) groups excluding carboxylic acids is 3. The van der Waals surface area contributed by atoms with Gasteiger partial charge in [0.2, 0.25) is 11.8 Å². The third-order valence-electron chi connectivity index (χ3n) is 13.0. The van der Waals surface area contributed by atoms with Crippen LogP contribution in [0.4, 0.5) is 11.4 Å². The molecule has 2 aliphatic carbocycles. The predicted octanol–water partition coefficient (Wildman–Crippen LogP) is 9.70. The second-order valence-electron chi connectivity index (χ2n) is 17.8. The van der Waals surface area contributed by atoms with E-state index < -0.39 is 5.97 Å². The van der Waals surface area contributed by atoms with Crippen LogP contribution in [0.1, 0.15) is 122 Å². The van der Waals surface area contributed by atoms with Crippen LogP contribution in [0.15, 0.2) is 71.4 Å². The van der Waals surface area contributed by atoms with Crippen LogP contribution in [0.25, 0.3) is 0 Å². The predicted molar refractivity (Wildman–Crippen MR) is 257 cm³/mol. The highest BCUT2D eigenvalue weighted by Crippen LogP contribution is 2.31. The Hall–Kier alpha value is -4.20. The largest absolute Gasteiger partial charge is 0.481 e. The number of rotatable bonds is 16. The molecule has 0 saturated heterocycles. The van der Waals surface area contributed by atoms with Crippen LogP contribution in [0.3, 0.4) is 0 Å². The summed E-state index contributed by atoms with van der Waals surface area (Å²) < 4.78 is 0. The molecule has 2 aliphatic heterocycles. The second kappa shape index (κ2) is 25.9. The molecular formula is C51H69N5O5S2. The lowest BCUT2D eigenvalue weighted by Crippen LogP contribution is -2.28. The van der Waals surface area contributed by atoms with Crippen LogP contribution in [0, 0.1) is 23.7 Å². The number of thiophene rings is 2. The molecule has 0 spiro atoms. The van der Waals surface area contributed by atoms with E-state index in [1.165, 1.54) is 32.0 Å². The van der Waals surface area contributed by atoms with E-state index in [4.69, 9.17) is 10.8 Å². The average molecular weight is 896 g/mol. The van der Waals surface area contributed by atoms with E-state index >= 15 is 0 Å². The number of carboxylic acid groups (broad SMARTS) is 1. The van der Waals surface area contributed by atoms with E-state index in [-0.39, 0.29) is 17.7 Å². The Kier molecular flexibility index (Phi) is 19.9. The average Bonchev–Trinajstić information content (AvgIpc) is 3.94. The van der Waals surface area contributed by atoms with Gasteiger partial charge in [-0.2, -0.15) is 0 Å². The van der Waals surface area contributed by atoms with Gasteiger partial charge in [-0.25, -0.2) is 0 Å². The van der Waals surface area contributed by atoms with Gasteiger partial charge >= 0.3 is 5.97 Å². The summed E-state index contributed by atoms with van der Waals surface area (Å²) in [5.41, 5.74) is 12.3. The quantitative estimate of drug-likeness (QED) is 0.0648. The number of anilines is 2. The number of hydrogen-bond acceptors (Lipinski definition) is 9. The molecule has 4 heterocycles. The molecule has 8 rings (SSSR count). The van der Waals surface area contributed by atoms with Crippen LogP contribution < -0.4 is 27.0 Å². The molecule has 0 radical (unpaired) electrons. The number of nitrogens with one attached hydrogen (secondary N) is 4. The van der Waals surface area contributed by atoms with Gasteiger partial charge in [0.15, 0.2) is 0 Å². The van der Waals surface area contributed by atoms with Crippen molar-refractivity contribution in [3.05, 3.63) is 103 Å². The Morgan fingerprint density at radius 3 is 1.60 bits per heavy atom. The van der Waals surface area contributed by atoms with Crippen LogP contribution in [-0.2, 0) is 58.0 Å². The number of Topliss-reactive ketones (excluding diaryl/α,β-unsaturated/α-hetero) is 1. The molecule has 10 nitrogen and oxygen atoms in total. The number of aliphatic carboxylic acids is 1. The summed E-state index contributed by atoms with van der Waals surface area (Å²) in [5, 5.41) is 26.3. The van der Waals surface area contributed by atoms with Gasteiger partial charge in [-0.15, -0.1) is 22.7 Å². The number of nitrogens with two attached hydrogens (primary N) is 1. The SMILES string of the molecule is NCCc1cccs1.O=C1CCCc2cc(CNCC3CCC(C(=O)CCCc4cccs4)CC3)ccc2N1.O=C1CCCc2cc(CNCC3CCC(C(=O)O)CC3)ccc2N1. The molecule has 2 fully saturated rings. The number of amides is 2. The van der Waals surface area contributed by atoms with Gasteiger partial charge in [-0.1, -0.05) is 36.4 Å². The fourth-order valence-corrected chi connectivity index (χ4v) is 10.8. The number of fused-ring (bicyclic) bond motifs is 2. The lowest BCUT2D eigenvalue weighted by molar-refractivity contribution is -0.143. The molecule has 0 unspecified atom stereocenters. The maximum Gasteiger partial charge on any atom is 0.306 e. The summed E-state index contributed by atoms with van der Waals surface area (Å²) in [4.78, 5) is 49.6. The molecule has 2 saturated carbocycles. The molecule has 4 aromatic rings. The highest BCUT2D eigenvalue weighted by atomic mass is 32.1. The molecular weight excluding hydrogens is 827 g/mol. The van der Waals surface area contributed by atoms with Crippen molar-refractivity contribution in [2.75, 3.05) is 30.3 Å². The second-order valence-corrected chi connectivity index (χ2v) is 19.9. The Morgan fingerprint density at radius 1 is 0.651 bits per heavy atom. The first kappa shape index (κ1) is 48.3. The van der Waals surface area contributed by atoms with E-state index in [1.54, 1.807) is 22.7 Å². The van der Waals surface area contributed by atoms with E-state index in [9.17, 15) is 19.2 Å². The van der Waals surface area contributed by atoms with Crippen LogP contribution in [-0.4, -0.2) is 48.3 Å². The van der Waals surface area contributed by atoms with Crippen LogP contribution in [0.2, 0.25) is 0 Å². The molecule has 2 amide bonds. The third kappa shape index (κ3) is 16.4. The molecule has 12 heteroatoms. The van der Waals surface area contributed by atoms with Crippen molar-refractivity contribution < 1.29 is 24.3 Å². The number of ketones is 1. The number of hydrogen-bond donors (Lipinski definition) is 6. The van der Waals surface area contributed by atoms with Gasteiger partial charge in [-0.3, -0.25) is 19.2 Å². The highest BCUT2D eigenvalue weighted by Gasteiger charge is 2.27. The van der Waals surface area contributed by atoms with Gasteiger partial charge in [0.1, 0.15) is 5.78 Å². The summed E-state index contributed by atoms with van der Waals surface area (Å²) in [6.07, 6.45) is 16.8. The van der Waals surface area contributed by atoms with Crippen molar-refractivity contribution in [3.8, 4) is 0 Å². The minimum atomic E-state index is -0.640. The molecule has 0 bridgehead atoms. The van der Waals surface area contributed by atoms with Crippen molar-refractivity contribution in [1.29, 1.82) is 0 Å². The normalized spacial score (nSPS) is 20.8. The molecule has 2 aromatic carbocycles. The van der Waals surface area contributed by atoms with E-state index in [0.717, 1.165) is 147 Å². The zero-order valence-corrected chi connectivity index (χ0v) is 38.6. The summed E-state index contributed by atoms with van der Waals surface area (Å²) in [5.74, 6) is 1.49. The molecule has 4 aliphatic rings. The smallest absolute Gasteiger partial charge is 0.306 e. The first-order chi connectivity index (χ1) is 30.7. The van der Waals surface area contributed by atoms with E-state index in [2.05, 4.69) is 80.6 Å². The molecule has 63 heavy (non-hydrogen) atoms. The number of carbonyl (C=O) groups is 4. The summed E-state index contributed by atoms with van der Waals surface area (Å²) in [6, 6.07) is 21.1. The van der Waals surface area contributed by atoms with Crippen LogP contribution in [0.5, 0.6) is 0 Å².